The highest BCUT2D eigenvalue weighted by atomic mass is 32.1. The summed E-state index contributed by atoms with van der Waals surface area (Å²) in [6, 6.07) is 14.7. The smallest absolute Gasteiger partial charge is 0.265 e. The van der Waals surface area contributed by atoms with Gasteiger partial charge in [-0.3, -0.25) is 9.59 Å². The van der Waals surface area contributed by atoms with Gasteiger partial charge in [0, 0.05) is 48.7 Å². The van der Waals surface area contributed by atoms with E-state index < -0.39 is 0 Å². The Morgan fingerprint density at radius 1 is 1.03 bits per heavy atom. The zero-order chi connectivity index (χ0) is 24.1. The van der Waals surface area contributed by atoms with Crippen LogP contribution in [-0.4, -0.2) is 49.4 Å². The van der Waals surface area contributed by atoms with Gasteiger partial charge in [-0.15, -0.1) is 11.3 Å². The van der Waals surface area contributed by atoms with Crippen molar-refractivity contribution in [2.75, 3.05) is 42.9 Å². The third-order valence-electron chi connectivity index (χ3n) is 6.11. The largest absolute Gasteiger partial charge is 0.369 e. The summed E-state index contributed by atoms with van der Waals surface area (Å²) in [7, 11) is 0. The SMILES string of the molecule is CCN1CCN(c2ccc(F)cc2C(C)NC(=O)c2ccc(NC(=O)c3cccs3)cc2)CC1. The Hall–Kier alpha value is -3.23. The van der Waals surface area contributed by atoms with E-state index in [4.69, 9.17) is 0 Å². The molecule has 1 fully saturated rings. The number of likely N-dealkylation sites (N-methyl/N-ethyl adjacent to an activating group) is 1. The van der Waals surface area contributed by atoms with Crippen molar-refractivity contribution < 1.29 is 14.0 Å². The molecule has 1 aliphatic rings. The number of nitrogens with one attached hydrogen (secondary N) is 2. The molecule has 2 N–H and O–H groups in total. The van der Waals surface area contributed by atoms with Crippen molar-refractivity contribution in [2.45, 2.75) is 19.9 Å². The Bertz CT molecular complexity index is 1130. The maximum Gasteiger partial charge on any atom is 0.265 e. The number of benzene rings is 2. The molecule has 3 aromatic rings. The highest BCUT2D eigenvalue weighted by Crippen LogP contribution is 2.29. The number of anilines is 2. The van der Waals surface area contributed by atoms with E-state index in [2.05, 4.69) is 27.4 Å². The summed E-state index contributed by atoms with van der Waals surface area (Å²) in [5.74, 6) is -0.758. The molecule has 1 aromatic heterocycles. The van der Waals surface area contributed by atoms with Crippen molar-refractivity contribution in [1.82, 2.24) is 10.2 Å². The van der Waals surface area contributed by atoms with Gasteiger partial charge in [-0.1, -0.05) is 13.0 Å². The lowest BCUT2D eigenvalue weighted by atomic mass is 10.0. The Balaban J connectivity index is 1.42. The van der Waals surface area contributed by atoms with Crippen LogP contribution in [0, 0.1) is 5.82 Å². The zero-order valence-corrected chi connectivity index (χ0v) is 20.2. The van der Waals surface area contributed by atoms with Crippen LogP contribution in [0.15, 0.2) is 60.0 Å². The van der Waals surface area contributed by atoms with Gasteiger partial charge in [0.05, 0.1) is 10.9 Å². The molecule has 0 bridgehead atoms. The highest BCUT2D eigenvalue weighted by molar-refractivity contribution is 7.12. The molecule has 0 radical (unpaired) electrons. The molecule has 0 saturated carbocycles. The molecule has 1 saturated heterocycles. The second-order valence-electron chi connectivity index (χ2n) is 8.33. The first-order valence-corrected chi connectivity index (χ1v) is 12.3. The number of hydrogen-bond donors (Lipinski definition) is 2. The minimum absolute atomic E-state index is 0.181. The maximum atomic E-state index is 14.1. The monoisotopic (exact) mass is 480 g/mol. The summed E-state index contributed by atoms with van der Waals surface area (Å²) in [4.78, 5) is 30.4. The van der Waals surface area contributed by atoms with Crippen molar-refractivity contribution in [2.24, 2.45) is 0 Å². The zero-order valence-electron chi connectivity index (χ0n) is 19.4. The van der Waals surface area contributed by atoms with Crippen molar-refractivity contribution in [3.05, 3.63) is 81.8 Å². The molecule has 178 valence electrons. The first-order chi connectivity index (χ1) is 16.4. The van der Waals surface area contributed by atoms with E-state index in [0.717, 1.165) is 44.0 Å². The fourth-order valence-corrected chi connectivity index (χ4v) is 4.75. The molecule has 2 aromatic carbocycles. The van der Waals surface area contributed by atoms with Crippen LogP contribution >= 0.6 is 11.3 Å². The predicted molar refractivity (Wildman–Crippen MR) is 135 cm³/mol. The van der Waals surface area contributed by atoms with Crippen molar-refractivity contribution >= 4 is 34.5 Å². The van der Waals surface area contributed by atoms with Crippen LogP contribution in [0.2, 0.25) is 0 Å². The van der Waals surface area contributed by atoms with Crippen LogP contribution in [-0.2, 0) is 0 Å². The first-order valence-electron chi connectivity index (χ1n) is 11.5. The molecule has 2 amide bonds. The summed E-state index contributed by atoms with van der Waals surface area (Å²) < 4.78 is 14.1. The van der Waals surface area contributed by atoms with Crippen LogP contribution in [0.3, 0.4) is 0 Å². The van der Waals surface area contributed by atoms with Crippen LogP contribution in [0.1, 0.15) is 45.5 Å². The molecule has 0 spiro atoms. The quantitative estimate of drug-likeness (QED) is 0.511. The van der Waals surface area contributed by atoms with Gasteiger partial charge in [0.2, 0.25) is 0 Å². The topological polar surface area (TPSA) is 64.7 Å². The van der Waals surface area contributed by atoms with Gasteiger partial charge < -0.3 is 20.4 Å². The van der Waals surface area contributed by atoms with Gasteiger partial charge >= 0.3 is 0 Å². The maximum absolute atomic E-state index is 14.1. The molecule has 2 heterocycles. The van der Waals surface area contributed by atoms with Crippen LogP contribution < -0.4 is 15.5 Å². The molecule has 1 atom stereocenters. The van der Waals surface area contributed by atoms with E-state index in [1.807, 2.05) is 18.4 Å². The standard InChI is InChI=1S/C26H29FN4O2S/c1-3-30-12-14-31(15-13-30)23-11-8-20(27)17-22(23)18(2)28-25(32)19-6-9-21(10-7-19)29-26(33)24-5-4-16-34-24/h4-11,16-18H,3,12-15H2,1-2H3,(H,28,32)(H,29,33). The minimum Gasteiger partial charge on any atom is -0.369 e. The Kier molecular flexibility index (Phi) is 7.59. The number of carbonyl (C=O) groups is 2. The summed E-state index contributed by atoms with van der Waals surface area (Å²) in [6.45, 7) is 8.70. The lowest BCUT2D eigenvalue weighted by molar-refractivity contribution is 0.0939. The summed E-state index contributed by atoms with van der Waals surface area (Å²) >= 11 is 1.37. The minimum atomic E-state index is -0.374. The number of hydrogen-bond acceptors (Lipinski definition) is 5. The number of amides is 2. The lowest BCUT2D eigenvalue weighted by Gasteiger charge is -2.37. The Morgan fingerprint density at radius 2 is 1.76 bits per heavy atom. The molecule has 4 rings (SSSR count). The van der Waals surface area contributed by atoms with E-state index >= 15 is 0 Å². The Labute approximate surface area is 203 Å². The van der Waals surface area contributed by atoms with Gasteiger partial charge in [0.1, 0.15) is 5.82 Å². The predicted octanol–water partition coefficient (Wildman–Crippen LogP) is 4.77. The van der Waals surface area contributed by atoms with Gasteiger partial charge in [-0.2, -0.15) is 0 Å². The molecule has 8 heteroatoms. The second kappa shape index (κ2) is 10.8. The third-order valence-corrected chi connectivity index (χ3v) is 6.98. The third kappa shape index (κ3) is 5.63. The van der Waals surface area contributed by atoms with Gasteiger partial charge in [-0.05, 0) is 67.4 Å². The average Bonchev–Trinajstić information content (AvgIpc) is 3.40. The van der Waals surface area contributed by atoms with Gasteiger partial charge in [0.25, 0.3) is 11.8 Å². The number of nitrogens with zero attached hydrogens (tertiary/aromatic N) is 2. The summed E-state index contributed by atoms with van der Waals surface area (Å²) in [5, 5.41) is 7.66. The lowest BCUT2D eigenvalue weighted by Crippen LogP contribution is -2.46. The molecule has 1 aliphatic heterocycles. The number of carbonyl (C=O) groups excluding carboxylic acids is 2. The van der Waals surface area contributed by atoms with E-state index in [9.17, 15) is 14.0 Å². The van der Waals surface area contributed by atoms with E-state index in [0.29, 0.717) is 16.1 Å². The number of piperazine rings is 1. The van der Waals surface area contributed by atoms with Crippen molar-refractivity contribution in [1.29, 1.82) is 0 Å². The number of halogens is 1. The van der Waals surface area contributed by atoms with Gasteiger partial charge in [-0.25, -0.2) is 4.39 Å². The fourth-order valence-electron chi connectivity index (χ4n) is 4.13. The van der Waals surface area contributed by atoms with Crippen molar-refractivity contribution in [3.63, 3.8) is 0 Å². The van der Waals surface area contributed by atoms with Crippen LogP contribution in [0.25, 0.3) is 0 Å². The summed E-state index contributed by atoms with van der Waals surface area (Å²) in [5.41, 5.74) is 2.80. The fraction of sp³-hybridized carbons (Fsp3) is 0.308. The summed E-state index contributed by atoms with van der Waals surface area (Å²) in [6.07, 6.45) is 0. The molecule has 34 heavy (non-hydrogen) atoms. The van der Waals surface area contributed by atoms with Crippen LogP contribution in [0.5, 0.6) is 0 Å². The van der Waals surface area contributed by atoms with Crippen molar-refractivity contribution in [3.8, 4) is 0 Å². The second-order valence-corrected chi connectivity index (χ2v) is 9.28. The average molecular weight is 481 g/mol. The van der Waals surface area contributed by atoms with E-state index in [-0.39, 0.29) is 23.7 Å². The molecular weight excluding hydrogens is 451 g/mol. The molecule has 1 unspecified atom stereocenters. The molecule has 6 nitrogen and oxygen atoms in total. The Morgan fingerprint density at radius 3 is 2.41 bits per heavy atom. The van der Waals surface area contributed by atoms with Gasteiger partial charge in [0.15, 0.2) is 0 Å². The van der Waals surface area contributed by atoms with Crippen LogP contribution in [0.4, 0.5) is 15.8 Å². The van der Waals surface area contributed by atoms with E-state index in [1.54, 1.807) is 36.4 Å². The molecular formula is C26H29FN4O2S. The number of thiophene rings is 1. The molecule has 0 aliphatic carbocycles. The highest BCUT2D eigenvalue weighted by Gasteiger charge is 2.22. The first kappa shape index (κ1) is 23.9. The normalized spacial score (nSPS) is 15.1. The van der Waals surface area contributed by atoms with E-state index in [1.165, 1.54) is 23.5 Å². The number of rotatable bonds is 7.